The van der Waals surface area contributed by atoms with Crippen molar-refractivity contribution in [2.45, 2.75) is 45.4 Å². The van der Waals surface area contributed by atoms with Crippen molar-refractivity contribution in [3.63, 3.8) is 0 Å². The third kappa shape index (κ3) is 5.87. The molecule has 34 heavy (non-hydrogen) atoms. The molecule has 0 spiro atoms. The molecule has 9 heteroatoms. The normalized spacial score (nSPS) is 20.8. The zero-order valence-electron chi connectivity index (χ0n) is 20.3. The van der Waals surface area contributed by atoms with Gasteiger partial charge < -0.3 is 19.6 Å². The zero-order chi connectivity index (χ0) is 24.1. The number of carbonyl (C=O) groups is 2. The quantitative estimate of drug-likeness (QED) is 0.484. The second-order valence-corrected chi connectivity index (χ2v) is 9.90. The van der Waals surface area contributed by atoms with E-state index in [4.69, 9.17) is 0 Å². The maximum atomic E-state index is 13.2. The van der Waals surface area contributed by atoms with E-state index in [2.05, 4.69) is 4.90 Å². The number of piperidine rings is 1. The van der Waals surface area contributed by atoms with Gasteiger partial charge in [-0.15, -0.1) is 0 Å². The number of hydrogen-bond acceptors (Lipinski definition) is 6. The monoisotopic (exact) mass is 471 g/mol. The zero-order valence-corrected chi connectivity index (χ0v) is 20.3. The van der Waals surface area contributed by atoms with Crippen LogP contribution in [0, 0.1) is 16.0 Å². The summed E-state index contributed by atoms with van der Waals surface area (Å²) in [6.07, 6.45) is 7.23. The second-order valence-electron chi connectivity index (χ2n) is 9.90. The Labute approximate surface area is 201 Å². The number of nitrogens with zero attached hydrogens (tertiary/aromatic N) is 5. The number of rotatable bonds is 5. The summed E-state index contributed by atoms with van der Waals surface area (Å²) in [5, 5.41) is 11.8. The molecule has 0 unspecified atom stereocenters. The van der Waals surface area contributed by atoms with Gasteiger partial charge >= 0.3 is 0 Å². The van der Waals surface area contributed by atoms with Crippen LogP contribution in [0.15, 0.2) is 18.2 Å². The van der Waals surface area contributed by atoms with Crippen LogP contribution in [-0.2, 0) is 4.79 Å². The lowest BCUT2D eigenvalue weighted by Crippen LogP contribution is -2.48. The van der Waals surface area contributed by atoms with E-state index in [1.54, 1.807) is 17.0 Å². The number of hydrogen-bond donors (Lipinski definition) is 0. The minimum Gasteiger partial charge on any atom is -0.362 e. The fourth-order valence-electron chi connectivity index (χ4n) is 5.52. The van der Waals surface area contributed by atoms with Gasteiger partial charge in [-0.1, -0.05) is 12.8 Å². The van der Waals surface area contributed by atoms with E-state index in [-0.39, 0.29) is 17.5 Å². The van der Waals surface area contributed by atoms with Crippen molar-refractivity contribution in [3.05, 3.63) is 33.9 Å². The largest absolute Gasteiger partial charge is 0.362 e. The van der Waals surface area contributed by atoms with E-state index in [1.165, 1.54) is 51.8 Å². The van der Waals surface area contributed by atoms with Gasteiger partial charge in [0, 0.05) is 64.4 Å². The van der Waals surface area contributed by atoms with E-state index in [1.807, 2.05) is 9.80 Å². The van der Waals surface area contributed by atoms with Crippen LogP contribution >= 0.6 is 0 Å². The molecule has 3 aliphatic rings. The molecule has 0 N–H and O–H groups in total. The number of amides is 2. The Kier molecular flexibility index (Phi) is 8.03. The van der Waals surface area contributed by atoms with E-state index in [0.29, 0.717) is 56.4 Å². The summed E-state index contributed by atoms with van der Waals surface area (Å²) in [6, 6.07) is 4.84. The van der Waals surface area contributed by atoms with Gasteiger partial charge in [-0.05, 0) is 56.8 Å². The van der Waals surface area contributed by atoms with Crippen LogP contribution < -0.4 is 4.90 Å². The Hall–Kier alpha value is -2.68. The molecule has 2 amide bonds. The molecule has 0 radical (unpaired) electrons. The number of carbonyl (C=O) groups excluding carboxylic acids is 2. The summed E-state index contributed by atoms with van der Waals surface area (Å²) >= 11 is 0. The lowest BCUT2D eigenvalue weighted by atomic mass is 9.95. The van der Waals surface area contributed by atoms with Crippen molar-refractivity contribution in [1.82, 2.24) is 14.7 Å². The van der Waals surface area contributed by atoms with Gasteiger partial charge in [0.1, 0.15) is 5.69 Å². The number of likely N-dealkylation sites (tertiary alicyclic amines) is 2. The van der Waals surface area contributed by atoms with Gasteiger partial charge in [0.15, 0.2) is 0 Å². The van der Waals surface area contributed by atoms with Crippen molar-refractivity contribution in [3.8, 4) is 0 Å². The molecule has 3 saturated heterocycles. The van der Waals surface area contributed by atoms with Gasteiger partial charge in [-0.3, -0.25) is 19.7 Å². The first-order chi connectivity index (χ1) is 16.4. The highest BCUT2D eigenvalue weighted by Crippen LogP contribution is 2.31. The lowest BCUT2D eigenvalue weighted by Gasteiger charge is -2.36. The molecule has 0 aromatic heterocycles. The summed E-state index contributed by atoms with van der Waals surface area (Å²) in [5.41, 5.74) is 0.850. The van der Waals surface area contributed by atoms with Crippen molar-refractivity contribution in [1.29, 1.82) is 0 Å². The number of anilines is 1. The molecular weight excluding hydrogens is 434 g/mol. The van der Waals surface area contributed by atoms with Crippen LogP contribution in [0.1, 0.15) is 55.8 Å². The highest BCUT2D eigenvalue weighted by molar-refractivity contribution is 5.96. The highest BCUT2D eigenvalue weighted by atomic mass is 16.6. The molecule has 0 bridgehead atoms. The fourth-order valence-corrected chi connectivity index (χ4v) is 5.52. The van der Waals surface area contributed by atoms with Gasteiger partial charge in [0.05, 0.1) is 4.92 Å². The first-order valence-corrected chi connectivity index (χ1v) is 12.7. The SMILES string of the molecule is CC(=O)N1CCN(c2ccc(C(=O)N3CCC(CN4CCCCCC4)CC3)cc2[N+](=O)[O-])CC1. The first kappa shape index (κ1) is 24.4. The van der Waals surface area contributed by atoms with Crippen molar-refractivity contribution in [2.75, 3.05) is 63.8 Å². The van der Waals surface area contributed by atoms with Crippen molar-refractivity contribution in [2.24, 2.45) is 5.92 Å². The molecule has 3 aliphatic heterocycles. The molecule has 186 valence electrons. The smallest absolute Gasteiger partial charge is 0.293 e. The number of nitro benzene ring substituents is 1. The van der Waals surface area contributed by atoms with E-state index in [9.17, 15) is 19.7 Å². The molecule has 3 fully saturated rings. The molecule has 1 aromatic carbocycles. The van der Waals surface area contributed by atoms with E-state index in [0.717, 1.165) is 19.4 Å². The molecule has 0 saturated carbocycles. The highest BCUT2D eigenvalue weighted by Gasteiger charge is 2.29. The van der Waals surface area contributed by atoms with Crippen LogP contribution in [0.25, 0.3) is 0 Å². The molecule has 0 atom stereocenters. The molecule has 0 aliphatic carbocycles. The lowest BCUT2D eigenvalue weighted by molar-refractivity contribution is -0.384. The van der Waals surface area contributed by atoms with Crippen LogP contribution in [0.3, 0.4) is 0 Å². The Morgan fingerprint density at radius 2 is 1.56 bits per heavy atom. The molecule has 1 aromatic rings. The van der Waals surface area contributed by atoms with Crippen molar-refractivity contribution < 1.29 is 14.5 Å². The minimum atomic E-state index is -0.406. The number of benzene rings is 1. The average molecular weight is 472 g/mol. The number of piperazine rings is 1. The summed E-state index contributed by atoms with van der Waals surface area (Å²) in [5.74, 6) is 0.516. The Bertz CT molecular complexity index is 883. The Morgan fingerprint density at radius 1 is 0.912 bits per heavy atom. The topological polar surface area (TPSA) is 90.2 Å². The molecule has 3 heterocycles. The molecule has 9 nitrogen and oxygen atoms in total. The summed E-state index contributed by atoms with van der Waals surface area (Å²) in [4.78, 5) is 44.3. The third-order valence-corrected chi connectivity index (χ3v) is 7.60. The molecule has 4 rings (SSSR count). The van der Waals surface area contributed by atoms with E-state index >= 15 is 0 Å². The Morgan fingerprint density at radius 3 is 2.15 bits per heavy atom. The Balaban J connectivity index is 1.36. The standard InChI is InChI=1S/C25H37N5O4/c1-20(31)27-14-16-28(17-15-27)23-7-6-22(18-24(23)30(33)34)25(32)29-12-8-21(9-13-29)19-26-10-4-2-3-5-11-26/h6-7,18,21H,2-5,8-17,19H2,1H3. The first-order valence-electron chi connectivity index (χ1n) is 12.7. The molecular formula is C25H37N5O4. The van der Waals surface area contributed by atoms with Gasteiger partial charge in [0.25, 0.3) is 11.6 Å². The summed E-state index contributed by atoms with van der Waals surface area (Å²) in [7, 11) is 0. The van der Waals surface area contributed by atoms with Crippen LogP contribution in [0.5, 0.6) is 0 Å². The predicted molar refractivity (Wildman–Crippen MR) is 131 cm³/mol. The number of nitro groups is 1. The average Bonchev–Trinajstić information content (AvgIpc) is 3.12. The fraction of sp³-hybridized carbons (Fsp3) is 0.680. The maximum absolute atomic E-state index is 13.2. The third-order valence-electron chi connectivity index (χ3n) is 7.60. The van der Waals surface area contributed by atoms with E-state index < -0.39 is 4.92 Å². The van der Waals surface area contributed by atoms with Gasteiger partial charge in [0.2, 0.25) is 5.91 Å². The van der Waals surface area contributed by atoms with Crippen LogP contribution in [0.4, 0.5) is 11.4 Å². The van der Waals surface area contributed by atoms with Gasteiger partial charge in [-0.2, -0.15) is 0 Å². The predicted octanol–water partition coefficient (Wildman–Crippen LogP) is 2.99. The van der Waals surface area contributed by atoms with Crippen molar-refractivity contribution >= 4 is 23.2 Å². The van der Waals surface area contributed by atoms with Crippen LogP contribution in [0.2, 0.25) is 0 Å². The minimum absolute atomic E-state index is 0.0188. The summed E-state index contributed by atoms with van der Waals surface area (Å²) in [6.45, 7) is 8.63. The van der Waals surface area contributed by atoms with Crippen LogP contribution in [-0.4, -0.2) is 90.3 Å². The van der Waals surface area contributed by atoms with Gasteiger partial charge in [-0.25, -0.2) is 0 Å². The maximum Gasteiger partial charge on any atom is 0.293 e. The summed E-state index contributed by atoms with van der Waals surface area (Å²) < 4.78 is 0. The second kappa shape index (κ2) is 11.2.